The van der Waals surface area contributed by atoms with Gasteiger partial charge in [0.2, 0.25) is 5.88 Å². The standard InChI is InChI=1S/C16H20N2O4/c1-3-21-16(20)12-6-7-14(9-12)22-15-11(2)18-13(10-17-15)5-4-8-19/h10,12,14,19H,3,6-9H2,1-2H3. The summed E-state index contributed by atoms with van der Waals surface area (Å²) in [5.41, 5.74) is 1.14. The summed E-state index contributed by atoms with van der Waals surface area (Å²) in [6.45, 7) is 3.79. The molecule has 1 N–H and O–H groups in total. The Hall–Kier alpha value is -2.13. The molecule has 6 nitrogen and oxygen atoms in total. The number of aliphatic hydroxyl groups is 1. The van der Waals surface area contributed by atoms with E-state index in [1.54, 1.807) is 13.8 Å². The molecule has 0 radical (unpaired) electrons. The third-order valence-electron chi connectivity index (χ3n) is 3.48. The molecule has 0 aliphatic heterocycles. The summed E-state index contributed by atoms with van der Waals surface area (Å²) >= 11 is 0. The molecule has 118 valence electrons. The molecule has 0 spiro atoms. The molecule has 1 aromatic rings. The minimum absolute atomic E-state index is 0.0446. The third kappa shape index (κ3) is 4.18. The zero-order valence-corrected chi connectivity index (χ0v) is 12.8. The largest absolute Gasteiger partial charge is 0.473 e. The highest BCUT2D eigenvalue weighted by Crippen LogP contribution is 2.30. The topological polar surface area (TPSA) is 81.5 Å². The normalized spacial score (nSPS) is 20.1. The van der Waals surface area contributed by atoms with Crippen LogP contribution in [0.2, 0.25) is 0 Å². The van der Waals surface area contributed by atoms with Crippen LogP contribution in [0.3, 0.4) is 0 Å². The Bertz CT molecular complexity index is 592. The first-order valence-corrected chi connectivity index (χ1v) is 7.40. The van der Waals surface area contributed by atoms with E-state index in [1.165, 1.54) is 6.20 Å². The van der Waals surface area contributed by atoms with Gasteiger partial charge in [-0.3, -0.25) is 4.79 Å². The zero-order chi connectivity index (χ0) is 15.9. The maximum atomic E-state index is 11.7. The van der Waals surface area contributed by atoms with Crippen LogP contribution in [0.15, 0.2) is 6.20 Å². The van der Waals surface area contributed by atoms with E-state index in [4.69, 9.17) is 14.6 Å². The molecular weight excluding hydrogens is 284 g/mol. The van der Waals surface area contributed by atoms with Crippen molar-refractivity contribution in [1.82, 2.24) is 9.97 Å². The number of aromatic nitrogens is 2. The van der Waals surface area contributed by atoms with Gasteiger partial charge >= 0.3 is 5.97 Å². The highest BCUT2D eigenvalue weighted by molar-refractivity contribution is 5.72. The number of carbonyl (C=O) groups excluding carboxylic acids is 1. The summed E-state index contributed by atoms with van der Waals surface area (Å²) in [5.74, 6) is 5.45. The summed E-state index contributed by atoms with van der Waals surface area (Å²) in [6.07, 6.45) is 3.69. The van der Waals surface area contributed by atoms with Crippen LogP contribution in [0.4, 0.5) is 0 Å². The van der Waals surface area contributed by atoms with Gasteiger partial charge < -0.3 is 14.6 Å². The second-order valence-electron chi connectivity index (χ2n) is 5.11. The molecule has 0 saturated heterocycles. The molecule has 1 saturated carbocycles. The molecule has 22 heavy (non-hydrogen) atoms. The lowest BCUT2D eigenvalue weighted by Crippen LogP contribution is -2.19. The Labute approximate surface area is 129 Å². The highest BCUT2D eigenvalue weighted by atomic mass is 16.5. The zero-order valence-electron chi connectivity index (χ0n) is 12.8. The van der Waals surface area contributed by atoms with E-state index in [-0.39, 0.29) is 24.6 Å². The van der Waals surface area contributed by atoms with Crippen LogP contribution in [-0.4, -0.2) is 40.4 Å². The van der Waals surface area contributed by atoms with E-state index in [1.807, 2.05) is 0 Å². The maximum Gasteiger partial charge on any atom is 0.309 e. The lowest BCUT2D eigenvalue weighted by Gasteiger charge is -2.14. The van der Waals surface area contributed by atoms with E-state index in [0.717, 1.165) is 12.8 Å². The predicted octanol–water partition coefficient (Wildman–Crippen LogP) is 1.24. The Morgan fingerprint density at radius 2 is 2.32 bits per heavy atom. The second-order valence-corrected chi connectivity index (χ2v) is 5.11. The predicted molar refractivity (Wildman–Crippen MR) is 79.1 cm³/mol. The Morgan fingerprint density at radius 3 is 3.00 bits per heavy atom. The summed E-state index contributed by atoms with van der Waals surface area (Å²) in [6, 6.07) is 0. The highest BCUT2D eigenvalue weighted by Gasteiger charge is 2.32. The molecule has 1 fully saturated rings. The SMILES string of the molecule is CCOC(=O)C1CCC(Oc2ncc(C#CCO)nc2C)C1. The first kappa shape index (κ1) is 16.2. The van der Waals surface area contributed by atoms with E-state index < -0.39 is 0 Å². The average Bonchev–Trinajstić information content (AvgIpc) is 2.96. The van der Waals surface area contributed by atoms with Gasteiger partial charge in [-0.15, -0.1) is 0 Å². The van der Waals surface area contributed by atoms with Crippen molar-refractivity contribution in [1.29, 1.82) is 0 Å². The maximum absolute atomic E-state index is 11.7. The summed E-state index contributed by atoms with van der Waals surface area (Å²) < 4.78 is 10.9. The number of rotatable bonds is 4. The van der Waals surface area contributed by atoms with Crippen LogP contribution in [-0.2, 0) is 9.53 Å². The minimum atomic E-state index is -0.212. The fraction of sp³-hybridized carbons (Fsp3) is 0.562. The van der Waals surface area contributed by atoms with E-state index in [0.29, 0.717) is 30.3 Å². The number of carbonyl (C=O) groups is 1. The molecule has 1 aliphatic rings. The average molecular weight is 304 g/mol. The molecule has 1 aliphatic carbocycles. The molecule has 0 aromatic carbocycles. The third-order valence-corrected chi connectivity index (χ3v) is 3.48. The number of aryl methyl sites for hydroxylation is 1. The molecule has 1 aromatic heterocycles. The summed E-state index contributed by atoms with van der Waals surface area (Å²) in [5, 5.41) is 8.66. The Morgan fingerprint density at radius 1 is 1.50 bits per heavy atom. The van der Waals surface area contributed by atoms with E-state index in [9.17, 15) is 4.79 Å². The van der Waals surface area contributed by atoms with Gasteiger partial charge in [0, 0.05) is 0 Å². The van der Waals surface area contributed by atoms with Crippen LogP contribution in [0.1, 0.15) is 37.6 Å². The number of hydrogen-bond donors (Lipinski definition) is 1. The lowest BCUT2D eigenvalue weighted by molar-refractivity contribution is -0.147. The number of hydrogen-bond acceptors (Lipinski definition) is 6. The van der Waals surface area contributed by atoms with Crippen molar-refractivity contribution in [3.63, 3.8) is 0 Å². The first-order chi connectivity index (χ1) is 10.6. The Balaban J connectivity index is 1.96. The molecule has 6 heteroatoms. The van der Waals surface area contributed by atoms with Crippen molar-refractivity contribution in [2.75, 3.05) is 13.2 Å². The fourth-order valence-corrected chi connectivity index (χ4v) is 2.46. The van der Waals surface area contributed by atoms with Gasteiger partial charge in [-0.05, 0) is 39.0 Å². The van der Waals surface area contributed by atoms with Crippen molar-refractivity contribution in [3.05, 3.63) is 17.6 Å². The van der Waals surface area contributed by atoms with Gasteiger partial charge in [-0.2, -0.15) is 0 Å². The number of esters is 1. The monoisotopic (exact) mass is 304 g/mol. The first-order valence-electron chi connectivity index (χ1n) is 7.40. The molecule has 0 bridgehead atoms. The van der Waals surface area contributed by atoms with Crippen LogP contribution in [0.25, 0.3) is 0 Å². The second kappa shape index (κ2) is 7.76. The van der Waals surface area contributed by atoms with Crippen molar-refractivity contribution in [2.24, 2.45) is 5.92 Å². The van der Waals surface area contributed by atoms with Crippen molar-refractivity contribution >= 4 is 5.97 Å². The van der Waals surface area contributed by atoms with Gasteiger partial charge in [-0.1, -0.05) is 5.92 Å². The molecule has 0 amide bonds. The smallest absolute Gasteiger partial charge is 0.309 e. The van der Waals surface area contributed by atoms with Gasteiger partial charge in [0.05, 0.1) is 18.7 Å². The molecule has 2 unspecified atom stereocenters. The van der Waals surface area contributed by atoms with Gasteiger partial charge in [-0.25, -0.2) is 9.97 Å². The van der Waals surface area contributed by atoms with Gasteiger partial charge in [0.25, 0.3) is 0 Å². The van der Waals surface area contributed by atoms with E-state index >= 15 is 0 Å². The van der Waals surface area contributed by atoms with Crippen LogP contribution in [0.5, 0.6) is 5.88 Å². The molecule has 2 rings (SSSR count). The minimum Gasteiger partial charge on any atom is -0.473 e. The Kier molecular flexibility index (Phi) is 5.73. The van der Waals surface area contributed by atoms with Crippen LogP contribution >= 0.6 is 0 Å². The number of aliphatic hydroxyl groups excluding tert-OH is 1. The van der Waals surface area contributed by atoms with Gasteiger partial charge in [0.15, 0.2) is 0 Å². The number of nitrogens with zero attached hydrogens (tertiary/aromatic N) is 2. The van der Waals surface area contributed by atoms with Crippen LogP contribution in [0, 0.1) is 24.7 Å². The van der Waals surface area contributed by atoms with Crippen molar-refractivity contribution in [2.45, 2.75) is 39.2 Å². The van der Waals surface area contributed by atoms with Crippen LogP contribution < -0.4 is 4.74 Å². The molecule has 1 heterocycles. The van der Waals surface area contributed by atoms with Gasteiger partial charge in [0.1, 0.15) is 24.1 Å². The lowest BCUT2D eigenvalue weighted by atomic mass is 10.1. The molecular formula is C16H20N2O4. The fourth-order valence-electron chi connectivity index (χ4n) is 2.46. The summed E-state index contributed by atoms with van der Waals surface area (Å²) in [7, 11) is 0. The molecule has 2 atom stereocenters. The number of ether oxygens (including phenoxy) is 2. The summed E-state index contributed by atoms with van der Waals surface area (Å²) in [4.78, 5) is 20.2. The quantitative estimate of drug-likeness (QED) is 0.666. The van der Waals surface area contributed by atoms with Crippen molar-refractivity contribution < 1.29 is 19.4 Å². The van der Waals surface area contributed by atoms with Crippen molar-refractivity contribution in [3.8, 4) is 17.7 Å². The van der Waals surface area contributed by atoms with E-state index in [2.05, 4.69) is 21.8 Å².